The zero-order valence-electron chi connectivity index (χ0n) is 29.2. The van der Waals surface area contributed by atoms with Gasteiger partial charge in [-0.15, -0.1) is 0 Å². The maximum absolute atomic E-state index is 12.6. The quantitative estimate of drug-likeness (QED) is 0.0401. The van der Waals surface area contributed by atoms with Crippen LogP contribution >= 0.6 is 0 Å². The number of unbranched alkanes of at least 4 members (excludes halogenated alkanes) is 9. The molecule has 0 radical (unpaired) electrons. The fraction of sp³-hybridized carbons (Fsp3) is 0.439. The molecule has 0 aromatic heterocycles. The highest BCUT2D eigenvalue weighted by Crippen LogP contribution is 2.22. The molecule has 0 saturated carbocycles. The Kier molecular flexibility index (Phi) is 18.1. The molecule has 0 saturated heterocycles. The normalized spacial score (nSPS) is 10.8. The predicted molar refractivity (Wildman–Crippen MR) is 192 cm³/mol. The first-order valence-corrected chi connectivity index (χ1v) is 17.6. The Labute approximate surface area is 291 Å². The summed E-state index contributed by atoms with van der Waals surface area (Å²) in [5, 5.41) is 0. The van der Waals surface area contributed by atoms with Gasteiger partial charge in [-0.25, -0.2) is 14.4 Å². The van der Waals surface area contributed by atoms with E-state index in [-0.39, 0.29) is 5.97 Å². The molecule has 0 spiro atoms. The largest absolute Gasteiger partial charge is 0.494 e. The van der Waals surface area contributed by atoms with E-state index in [1.54, 1.807) is 72.8 Å². The van der Waals surface area contributed by atoms with Crippen molar-refractivity contribution in [3.63, 3.8) is 0 Å². The SMILES string of the molecule is C=CC(=O)OCCCCCCCCOc1ccc(C(=O)Oc2ccc(OC(=O)c3ccc(OCCCCCCCC(C)C)cc3)cc2)cc1. The van der Waals surface area contributed by atoms with Crippen molar-refractivity contribution in [2.45, 2.75) is 90.9 Å². The Balaban J connectivity index is 1.29. The summed E-state index contributed by atoms with van der Waals surface area (Å²) < 4.78 is 27.6. The number of benzene rings is 3. The Bertz CT molecular complexity index is 1390. The van der Waals surface area contributed by atoms with E-state index < -0.39 is 11.9 Å². The third-order valence-corrected chi connectivity index (χ3v) is 7.84. The first-order chi connectivity index (χ1) is 23.8. The minimum Gasteiger partial charge on any atom is -0.494 e. The minimum atomic E-state index is -0.500. The Morgan fingerprint density at radius 2 is 0.898 bits per heavy atom. The van der Waals surface area contributed by atoms with E-state index in [2.05, 4.69) is 20.4 Å². The monoisotopic (exact) mass is 672 g/mol. The average Bonchev–Trinajstić information content (AvgIpc) is 3.11. The van der Waals surface area contributed by atoms with Crippen LogP contribution in [-0.4, -0.2) is 37.7 Å². The van der Waals surface area contributed by atoms with Gasteiger partial charge in [0.25, 0.3) is 0 Å². The van der Waals surface area contributed by atoms with Gasteiger partial charge >= 0.3 is 17.9 Å². The Morgan fingerprint density at radius 3 is 1.31 bits per heavy atom. The van der Waals surface area contributed by atoms with Crippen molar-refractivity contribution >= 4 is 17.9 Å². The lowest BCUT2D eigenvalue weighted by Crippen LogP contribution is -2.09. The number of ether oxygens (including phenoxy) is 5. The van der Waals surface area contributed by atoms with Crippen molar-refractivity contribution in [1.29, 1.82) is 0 Å². The molecule has 0 aliphatic rings. The average molecular weight is 673 g/mol. The van der Waals surface area contributed by atoms with Gasteiger partial charge in [0.2, 0.25) is 0 Å². The van der Waals surface area contributed by atoms with Gasteiger partial charge in [-0.2, -0.15) is 0 Å². The Hall–Kier alpha value is -4.59. The second kappa shape index (κ2) is 22.9. The molecule has 0 aliphatic heterocycles. The van der Waals surface area contributed by atoms with Crippen LogP contribution in [0.1, 0.15) is 112 Å². The molecule has 0 aliphatic carbocycles. The summed E-state index contributed by atoms with van der Waals surface area (Å²) in [6.07, 6.45) is 14.5. The van der Waals surface area contributed by atoms with Gasteiger partial charge in [-0.3, -0.25) is 0 Å². The molecule has 49 heavy (non-hydrogen) atoms. The number of carbonyl (C=O) groups excluding carboxylic acids is 3. The maximum atomic E-state index is 12.6. The highest BCUT2D eigenvalue weighted by atomic mass is 16.5. The molecule has 3 aromatic carbocycles. The van der Waals surface area contributed by atoms with Crippen LogP contribution in [0.15, 0.2) is 85.5 Å². The lowest BCUT2D eigenvalue weighted by atomic mass is 10.0. The van der Waals surface area contributed by atoms with E-state index in [9.17, 15) is 14.4 Å². The first-order valence-electron chi connectivity index (χ1n) is 17.6. The number of hydrogen-bond acceptors (Lipinski definition) is 8. The molecule has 8 heteroatoms. The van der Waals surface area contributed by atoms with E-state index in [1.807, 2.05) is 0 Å². The van der Waals surface area contributed by atoms with Crippen molar-refractivity contribution < 1.29 is 38.1 Å². The summed E-state index contributed by atoms with van der Waals surface area (Å²) in [7, 11) is 0. The van der Waals surface area contributed by atoms with E-state index in [4.69, 9.17) is 23.7 Å². The van der Waals surface area contributed by atoms with Crippen molar-refractivity contribution in [2.75, 3.05) is 19.8 Å². The summed E-state index contributed by atoms with van der Waals surface area (Å²) in [4.78, 5) is 36.3. The van der Waals surface area contributed by atoms with E-state index >= 15 is 0 Å². The van der Waals surface area contributed by atoms with Crippen LogP contribution in [0.5, 0.6) is 23.0 Å². The molecule has 264 valence electrons. The van der Waals surface area contributed by atoms with Gasteiger partial charge < -0.3 is 23.7 Å². The fourth-order valence-electron chi connectivity index (χ4n) is 4.99. The standard InChI is InChI=1S/C41H52O8/c1-4-39(42)47-31-15-10-6-5-9-13-29-45-35-21-17-33(18-22-35)40(43)48-37-25-27-38(28-26-37)49-41(44)34-19-23-36(24-20-34)46-30-14-11-7-8-12-16-32(2)3/h4,17-28,32H,1,5-16,29-31H2,2-3H3. The molecule has 0 amide bonds. The zero-order valence-corrected chi connectivity index (χ0v) is 29.2. The molecule has 3 aromatic rings. The number of carbonyl (C=O) groups is 3. The second-order valence-corrected chi connectivity index (χ2v) is 12.4. The van der Waals surface area contributed by atoms with Crippen molar-refractivity contribution in [3.05, 3.63) is 96.6 Å². The molecule has 3 rings (SSSR count). The number of esters is 3. The summed E-state index contributed by atoms with van der Waals surface area (Å²) in [5.74, 6) is 1.50. The van der Waals surface area contributed by atoms with Crippen LogP contribution in [0.25, 0.3) is 0 Å². The van der Waals surface area contributed by atoms with Crippen LogP contribution < -0.4 is 18.9 Å². The van der Waals surface area contributed by atoms with Crippen molar-refractivity contribution in [1.82, 2.24) is 0 Å². The second-order valence-electron chi connectivity index (χ2n) is 12.4. The molecule has 8 nitrogen and oxygen atoms in total. The van der Waals surface area contributed by atoms with Gasteiger partial charge in [0, 0.05) is 6.08 Å². The zero-order chi connectivity index (χ0) is 35.1. The van der Waals surface area contributed by atoms with Crippen molar-refractivity contribution in [3.8, 4) is 23.0 Å². The van der Waals surface area contributed by atoms with Crippen LogP contribution in [0.3, 0.4) is 0 Å². The van der Waals surface area contributed by atoms with Crippen LogP contribution in [0.2, 0.25) is 0 Å². The number of hydrogen-bond donors (Lipinski definition) is 0. The molecule has 0 bridgehead atoms. The molecular formula is C41H52O8. The summed E-state index contributed by atoms with van der Waals surface area (Å²) in [6.45, 7) is 9.60. The van der Waals surface area contributed by atoms with Crippen molar-refractivity contribution in [2.24, 2.45) is 5.92 Å². The molecule has 0 atom stereocenters. The van der Waals surface area contributed by atoms with Crippen LogP contribution in [-0.2, 0) is 9.53 Å². The molecule has 0 unspecified atom stereocenters. The van der Waals surface area contributed by atoms with Gasteiger partial charge in [0.1, 0.15) is 23.0 Å². The minimum absolute atomic E-state index is 0.333. The third kappa shape index (κ3) is 16.4. The lowest BCUT2D eigenvalue weighted by Gasteiger charge is -2.09. The molecular weight excluding hydrogens is 620 g/mol. The maximum Gasteiger partial charge on any atom is 0.343 e. The summed E-state index contributed by atoms with van der Waals surface area (Å²) >= 11 is 0. The van der Waals surface area contributed by atoms with E-state index in [0.717, 1.165) is 63.0 Å². The van der Waals surface area contributed by atoms with Gasteiger partial charge in [-0.1, -0.05) is 78.2 Å². The molecule has 0 fully saturated rings. The molecule has 0 N–H and O–H groups in total. The van der Waals surface area contributed by atoms with Gasteiger partial charge in [0.05, 0.1) is 30.9 Å². The highest BCUT2D eigenvalue weighted by molar-refractivity contribution is 5.92. The fourth-order valence-corrected chi connectivity index (χ4v) is 4.99. The predicted octanol–water partition coefficient (Wildman–Crippen LogP) is 9.95. The van der Waals surface area contributed by atoms with Gasteiger partial charge in [0.15, 0.2) is 0 Å². The Morgan fingerprint density at radius 1 is 0.531 bits per heavy atom. The molecule has 0 heterocycles. The van der Waals surface area contributed by atoms with Crippen LogP contribution in [0, 0.1) is 5.92 Å². The summed E-state index contributed by atoms with van der Waals surface area (Å²) in [5.41, 5.74) is 0.809. The van der Waals surface area contributed by atoms with Gasteiger partial charge in [-0.05, 0) is 98.0 Å². The highest BCUT2D eigenvalue weighted by Gasteiger charge is 2.12. The third-order valence-electron chi connectivity index (χ3n) is 7.84. The lowest BCUT2D eigenvalue weighted by molar-refractivity contribution is -0.137. The van der Waals surface area contributed by atoms with E-state index in [1.165, 1.54) is 31.8 Å². The van der Waals surface area contributed by atoms with Crippen LogP contribution in [0.4, 0.5) is 0 Å². The smallest absolute Gasteiger partial charge is 0.343 e. The topological polar surface area (TPSA) is 97.4 Å². The summed E-state index contributed by atoms with van der Waals surface area (Å²) in [6, 6.07) is 20.1. The number of rotatable bonds is 24. The van der Waals surface area contributed by atoms with E-state index in [0.29, 0.717) is 48.2 Å². The first kappa shape index (κ1) is 38.9.